The van der Waals surface area contributed by atoms with E-state index in [-0.39, 0.29) is 18.1 Å². The molecule has 1 heterocycles. The fourth-order valence-corrected chi connectivity index (χ4v) is 2.13. The van der Waals surface area contributed by atoms with Gasteiger partial charge in [-0.15, -0.1) is 0 Å². The van der Waals surface area contributed by atoms with E-state index in [1.54, 1.807) is 0 Å². The molecule has 2 rings (SSSR count). The van der Waals surface area contributed by atoms with Gasteiger partial charge in [-0.05, 0) is 31.0 Å². The second kappa shape index (κ2) is 5.40. The minimum Gasteiger partial charge on any atom is -0.489 e. The third-order valence-corrected chi connectivity index (χ3v) is 3.21. The number of hydrogen-bond acceptors (Lipinski definition) is 4. The van der Waals surface area contributed by atoms with Crippen molar-refractivity contribution in [1.82, 2.24) is 5.32 Å². The molecule has 18 heavy (non-hydrogen) atoms. The van der Waals surface area contributed by atoms with Crippen LogP contribution in [0.25, 0.3) is 0 Å². The smallest absolute Gasteiger partial charge is 0.323 e. The second-order valence-electron chi connectivity index (χ2n) is 4.73. The number of benzene rings is 1. The Bertz CT molecular complexity index is 445. The molecule has 2 unspecified atom stereocenters. The zero-order valence-electron chi connectivity index (χ0n) is 11.0. The number of methoxy groups -OCH3 is 1. The number of carbonyl (C=O) groups is 1. The fourth-order valence-electron chi connectivity index (χ4n) is 2.13. The molecular formula is C14H19NO3. The average Bonchev–Trinajstić information content (AvgIpc) is 2.81. The summed E-state index contributed by atoms with van der Waals surface area (Å²) in [4.78, 5) is 11.4. The van der Waals surface area contributed by atoms with Crippen LogP contribution in [0.4, 0.5) is 0 Å². The Hall–Kier alpha value is -1.55. The van der Waals surface area contributed by atoms with Gasteiger partial charge in [0.1, 0.15) is 17.9 Å². The molecular weight excluding hydrogens is 230 g/mol. The van der Waals surface area contributed by atoms with Crippen LogP contribution in [-0.2, 0) is 9.53 Å². The highest BCUT2D eigenvalue weighted by Crippen LogP contribution is 2.23. The molecule has 1 aliphatic heterocycles. The SMILES string of the molecule is COC(=O)C1CC(Oc2cc(C)ccc2C)CN1. The third kappa shape index (κ3) is 2.82. The first-order valence-electron chi connectivity index (χ1n) is 6.15. The van der Waals surface area contributed by atoms with E-state index in [1.165, 1.54) is 12.7 Å². The highest BCUT2D eigenvalue weighted by molar-refractivity contribution is 5.76. The van der Waals surface area contributed by atoms with Crippen LogP contribution < -0.4 is 10.1 Å². The maximum Gasteiger partial charge on any atom is 0.323 e. The number of nitrogens with one attached hydrogen (secondary N) is 1. The van der Waals surface area contributed by atoms with Crippen molar-refractivity contribution >= 4 is 5.97 Å². The maximum absolute atomic E-state index is 11.4. The topological polar surface area (TPSA) is 47.6 Å². The number of aryl methyl sites for hydroxylation is 2. The predicted octanol–water partition coefficient (Wildman–Crippen LogP) is 1.59. The van der Waals surface area contributed by atoms with Gasteiger partial charge < -0.3 is 14.8 Å². The van der Waals surface area contributed by atoms with Gasteiger partial charge in [-0.1, -0.05) is 12.1 Å². The first kappa shape index (κ1) is 12.9. The van der Waals surface area contributed by atoms with Crippen molar-refractivity contribution in [3.63, 3.8) is 0 Å². The zero-order chi connectivity index (χ0) is 13.1. The fraction of sp³-hybridized carbons (Fsp3) is 0.500. The van der Waals surface area contributed by atoms with Crippen molar-refractivity contribution in [2.24, 2.45) is 0 Å². The molecule has 0 radical (unpaired) electrons. The molecule has 1 aliphatic rings. The number of carbonyl (C=O) groups excluding carboxylic acids is 1. The van der Waals surface area contributed by atoms with Crippen LogP contribution in [0, 0.1) is 13.8 Å². The Morgan fingerprint density at radius 1 is 1.39 bits per heavy atom. The summed E-state index contributed by atoms with van der Waals surface area (Å²) in [6, 6.07) is 5.89. The largest absolute Gasteiger partial charge is 0.489 e. The maximum atomic E-state index is 11.4. The van der Waals surface area contributed by atoms with Crippen molar-refractivity contribution in [2.45, 2.75) is 32.4 Å². The van der Waals surface area contributed by atoms with Crippen LogP contribution in [0.15, 0.2) is 18.2 Å². The molecule has 2 atom stereocenters. The van der Waals surface area contributed by atoms with Gasteiger partial charge in [-0.2, -0.15) is 0 Å². The molecule has 1 N–H and O–H groups in total. The zero-order valence-corrected chi connectivity index (χ0v) is 11.0. The monoisotopic (exact) mass is 249 g/mol. The summed E-state index contributed by atoms with van der Waals surface area (Å²) in [5, 5.41) is 3.11. The third-order valence-electron chi connectivity index (χ3n) is 3.21. The molecule has 4 heteroatoms. The van der Waals surface area contributed by atoms with E-state index in [1.807, 2.05) is 26.0 Å². The van der Waals surface area contributed by atoms with Gasteiger partial charge in [0.2, 0.25) is 0 Å². The summed E-state index contributed by atoms with van der Waals surface area (Å²) >= 11 is 0. The molecule has 1 saturated heterocycles. The van der Waals surface area contributed by atoms with Crippen molar-refractivity contribution in [3.05, 3.63) is 29.3 Å². The summed E-state index contributed by atoms with van der Waals surface area (Å²) in [5.41, 5.74) is 2.29. The van der Waals surface area contributed by atoms with Crippen molar-refractivity contribution in [1.29, 1.82) is 0 Å². The van der Waals surface area contributed by atoms with Crippen molar-refractivity contribution in [2.75, 3.05) is 13.7 Å². The van der Waals surface area contributed by atoms with E-state index in [9.17, 15) is 4.79 Å². The predicted molar refractivity (Wildman–Crippen MR) is 68.8 cm³/mol. The van der Waals surface area contributed by atoms with Gasteiger partial charge in [0, 0.05) is 13.0 Å². The van der Waals surface area contributed by atoms with Crippen LogP contribution in [0.5, 0.6) is 5.75 Å². The lowest BCUT2D eigenvalue weighted by atomic mass is 10.1. The molecule has 1 fully saturated rings. The highest BCUT2D eigenvalue weighted by atomic mass is 16.5. The molecule has 0 aromatic heterocycles. The Labute approximate surface area is 107 Å². The van der Waals surface area contributed by atoms with Crippen molar-refractivity contribution in [3.8, 4) is 5.75 Å². The standard InChI is InChI=1S/C14H19NO3/c1-9-4-5-10(2)13(6-9)18-11-7-12(15-8-11)14(16)17-3/h4-6,11-12,15H,7-8H2,1-3H3. The van der Waals surface area contributed by atoms with E-state index in [4.69, 9.17) is 9.47 Å². The first-order chi connectivity index (χ1) is 8.60. The van der Waals surface area contributed by atoms with Gasteiger partial charge in [-0.3, -0.25) is 4.79 Å². The minimum atomic E-state index is -0.245. The molecule has 0 aliphatic carbocycles. The number of esters is 1. The van der Waals surface area contributed by atoms with Gasteiger partial charge in [0.05, 0.1) is 7.11 Å². The Kier molecular flexibility index (Phi) is 3.87. The molecule has 0 spiro atoms. The van der Waals surface area contributed by atoms with Crippen LogP contribution in [0.1, 0.15) is 17.5 Å². The Balaban J connectivity index is 1.99. The summed E-state index contributed by atoms with van der Waals surface area (Å²) < 4.78 is 10.7. The second-order valence-corrected chi connectivity index (χ2v) is 4.73. The van der Waals surface area contributed by atoms with Crippen LogP contribution in [-0.4, -0.2) is 31.8 Å². The van der Waals surface area contributed by atoms with Gasteiger partial charge in [0.25, 0.3) is 0 Å². The van der Waals surface area contributed by atoms with E-state index >= 15 is 0 Å². The molecule has 1 aromatic rings. The normalized spacial score (nSPS) is 22.8. The lowest BCUT2D eigenvalue weighted by Gasteiger charge is -2.15. The molecule has 0 amide bonds. The van der Waals surface area contributed by atoms with Crippen LogP contribution in [0.3, 0.4) is 0 Å². The lowest BCUT2D eigenvalue weighted by Crippen LogP contribution is -2.31. The van der Waals surface area contributed by atoms with Crippen molar-refractivity contribution < 1.29 is 14.3 Å². The Morgan fingerprint density at radius 3 is 2.89 bits per heavy atom. The molecule has 1 aromatic carbocycles. The molecule has 98 valence electrons. The molecule has 0 saturated carbocycles. The minimum absolute atomic E-state index is 0.0228. The molecule has 0 bridgehead atoms. The number of rotatable bonds is 3. The number of ether oxygens (including phenoxy) is 2. The van der Waals surface area contributed by atoms with E-state index < -0.39 is 0 Å². The highest BCUT2D eigenvalue weighted by Gasteiger charge is 2.31. The number of hydrogen-bond donors (Lipinski definition) is 1. The quantitative estimate of drug-likeness (QED) is 0.826. The van der Waals surface area contributed by atoms with Crippen LogP contribution >= 0.6 is 0 Å². The van der Waals surface area contributed by atoms with Gasteiger partial charge in [0.15, 0.2) is 0 Å². The summed E-state index contributed by atoms with van der Waals surface area (Å²) in [5.74, 6) is 0.675. The van der Waals surface area contributed by atoms with Gasteiger partial charge >= 0.3 is 5.97 Å². The summed E-state index contributed by atoms with van der Waals surface area (Å²) in [7, 11) is 1.41. The summed E-state index contributed by atoms with van der Waals surface area (Å²) in [6.07, 6.45) is 0.676. The van der Waals surface area contributed by atoms with Gasteiger partial charge in [-0.25, -0.2) is 0 Å². The van der Waals surface area contributed by atoms with E-state index in [0.717, 1.165) is 11.3 Å². The molecule has 4 nitrogen and oxygen atoms in total. The summed E-state index contributed by atoms with van der Waals surface area (Å²) in [6.45, 7) is 4.73. The Morgan fingerprint density at radius 2 is 2.17 bits per heavy atom. The first-order valence-corrected chi connectivity index (χ1v) is 6.15. The van der Waals surface area contributed by atoms with Crippen LogP contribution in [0.2, 0.25) is 0 Å². The van der Waals surface area contributed by atoms with E-state index in [2.05, 4.69) is 11.4 Å². The lowest BCUT2D eigenvalue weighted by molar-refractivity contribution is -0.142. The average molecular weight is 249 g/mol. The van der Waals surface area contributed by atoms with E-state index in [0.29, 0.717) is 13.0 Å².